The van der Waals surface area contributed by atoms with Crippen LogP contribution in [0.3, 0.4) is 0 Å². The van der Waals surface area contributed by atoms with E-state index in [1.165, 1.54) is 0 Å². The first-order valence-corrected chi connectivity index (χ1v) is 8.96. The fourth-order valence-corrected chi connectivity index (χ4v) is 2.59. The van der Waals surface area contributed by atoms with E-state index in [2.05, 4.69) is 12.2 Å². The maximum absolute atomic E-state index is 12.3. The van der Waals surface area contributed by atoms with Crippen LogP contribution < -0.4 is 10.2 Å². The molecule has 0 saturated carbocycles. The number of hydrogen-bond acceptors (Lipinski definition) is 2. The van der Waals surface area contributed by atoms with Crippen molar-refractivity contribution in [1.29, 1.82) is 0 Å². The Morgan fingerprint density at radius 1 is 1.17 bits per heavy atom. The number of hydrogen-bond donors (Lipinski definition) is 2. The summed E-state index contributed by atoms with van der Waals surface area (Å²) in [5.74, 6) is -0.0962. The highest BCUT2D eigenvalue weighted by Gasteiger charge is 2.18. The number of carbonyl (C=O) groups excluding carboxylic acids is 2. The van der Waals surface area contributed by atoms with Crippen LogP contribution in [-0.2, 0) is 9.59 Å². The van der Waals surface area contributed by atoms with Gasteiger partial charge in [-0.2, -0.15) is 0 Å². The van der Waals surface area contributed by atoms with Gasteiger partial charge in [-0.05, 0) is 31.5 Å². The Balaban J connectivity index is 2.48. The van der Waals surface area contributed by atoms with Gasteiger partial charge in [-0.25, -0.2) is 0 Å². The molecule has 0 saturated heterocycles. The Labute approximate surface area is 153 Å². The minimum absolute atomic E-state index is 0.0748. The van der Waals surface area contributed by atoms with Crippen molar-refractivity contribution in [2.75, 3.05) is 38.5 Å². The minimum atomic E-state index is -0.171. The number of benzene rings is 1. The molecule has 7 heteroatoms. The fraction of sp³-hybridized carbons (Fsp3) is 0.529. The number of unbranched alkanes of at least 4 members (excludes halogenated alkanes) is 1. The van der Waals surface area contributed by atoms with Crippen molar-refractivity contribution in [2.24, 2.45) is 0 Å². The number of quaternary nitrogens is 1. The molecule has 0 aliphatic rings. The van der Waals surface area contributed by atoms with E-state index >= 15 is 0 Å². The van der Waals surface area contributed by atoms with Crippen molar-refractivity contribution in [2.45, 2.75) is 26.7 Å². The van der Waals surface area contributed by atoms with Crippen LogP contribution in [0.5, 0.6) is 0 Å². The Hall–Kier alpha value is -1.30. The third kappa shape index (κ3) is 7.07. The lowest BCUT2D eigenvalue weighted by atomic mass is 10.3. The second-order valence-electron chi connectivity index (χ2n) is 5.81. The third-order valence-electron chi connectivity index (χ3n) is 3.63. The first-order chi connectivity index (χ1) is 11.4. The quantitative estimate of drug-likeness (QED) is 0.695. The van der Waals surface area contributed by atoms with E-state index in [1.807, 2.05) is 18.9 Å². The number of anilines is 1. The average molecular weight is 375 g/mol. The summed E-state index contributed by atoms with van der Waals surface area (Å²) in [5.41, 5.74) is 0.589. The highest BCUT2D eigenvalue weighted by atomic mass is 35.5. The van der Waals surface area contributed by atoms with Gasteiger partial charge in [-0.3, -0.25) is 9.59 Å². The van der Waals surface area contributed by atoms with Crippen molar-refractivity contribution in [1.82, 2.24) is 4.90 Å². The third-order valence-corrected chi connectivity index (χ3v) is 4.37. The summed E-state index contributed by atoms with van der Waals surface area (Å²) in [6.45, 7) is 6.04. The smallest absolute Gasteiger partial charge is 0.279 e. The molecular weight excluding hydrogens is 349 g/mol. The normalized spacial score (nSPS) is 11.9. The fourth-order valence-electron chi connectivity index (χ4n) is 2.29. The van der Waals surface area contributed by atoms with E-state index in [-0.39, 0.29) is 18.4 Å². The van der Waals surface area contributed by atoms with Gasteiger partial charge in [0.15, 0.2) is 13.1 Å². The summed E-state index contributed by atoms with van der Waals surface area (Å²) in [7, 11) is 1.83. The van der Waals surface area contributed by atoms with E-state index in [9.17, 15) is 9.59 Å². The molecule has 1 atom stereocenters. The topological polar surface area (TPSA) is 53.9 Å². The van der Waals surface area contributed by atoms with Crippen LogP contribution in [0, 0.1) is 0 Å². The SMILES string of the molecule is CCCCN(CC)C(=O)C[NH+](C)CC(=O)Nc1ccc(Cl)c(Cl)c1. The van der Waals surface area contributed by atoms with Crippen molar-refractivity contribution in [3.05, 3.63) is 28.2 Å². The molecule has 0 heterocycles. The van der Waals surface area contributed by atoms with Gasteiger partial charge in [-0.15, -0.1) is 0 Å². The summed E-state index contributed by atoms with van der Waals surface area (Å²) in [6.07, 6.45) is 2.05. The number of rotatable bonds is 9. The molecular formula is C17H26Cl2N3O2+. The Bertz CT molecular complexity index is 567. The zero-order valence-electron chi connectivity index (χ0n) is 14.5. The summed E-state index contributed by atoms with van der Waals surface area (Å²) in [4.78, 5) is 27.0. The molecule has 1 unspecified atom stereocenters. The van der Waals surface area contributed by atoms with Crippen LogP contribution >= 0.6 is 23.2 Å². The summed E-state index contributed by atoms with van der Waals surface area (Å²) >= 11 is 11.8. The maximum Gasteiger partial charge on any atom is 0.279 e. The molecule has 1 rings (SSSR count). The second-order valence-corrected chi connectivity index (χ2v) is 6.63. The predicted octanol–water partition coefficient (Wildman–Crippen LogP) is 2.10. The largest absolute Gasteiger partial charge is 0.338 e. The summed E-state index contributed by atoms with van der Waals surface area (Å²) in [6, 6.07) is 4.93. The Morgan fingerprint density at radius 2 is 1.88 bits per heavy atom. The number of likely N-dealkylation sites (N-methyl/N-ethyl adjacent to an activating group) is 2. The van der Waals surface area contributed by atoms with Crippen LogP contribution in [0.2, 0.25) is 10.0 Å². The van der Waals surface area contributed by atoms with Gasteiger partial charge < -0.3 is 15.1 Å². The van der Waals surface area contributed by atoms with Gasteiger partial charge in [0.2, 0.25) is 0 Å². The van der Waals surface area contributed by atoms with Crippen LogP contribution in [0.4, 0.5) is 5.69 Å². The highest BCUT2D eigenvalue weighted by Crippen LogP contribution is 2.24. The molecule has 2 N–H and O–H groups in total. The van der Waals surface area contributed by atoms with Gasteiger partial charge in [0.05, 0.1) is 17.1 Å². The number of nitrogens with zero attached hydrogens (tertiary/aromatic N) is 1. The molecule has 0 aliphatic carbocycles. The molecule has 1 aromatic carbocycles. The molecule has 0 aliphatic heterocycles. The first-order valence-electron chi connectivity index (χ1n) is 8.21. The molecule has 0 aromatic heterocycles. The lowest BCUT2D eigenvalue weighted by molar-refractivity contribution is -0.862. The molecule has 0 radical (unpaired) electrons. The van der Waals surface area contributed by atoms with Crippen LogP contribution in [0.1, 0.15) is 26.7 Å². The lowest BCUT2D eigenvalue weighted by Crippen LogP contribution is -3.11. The molecule has 2 amide bonds. The van der Waals surface area contributed by atoms with Gasteiger partial charge in [0.25, 0.3) is 11.8 Å². The number of amides is 2. The second kappa shape index (κ2) is 10.5. The highest BCUT2D eigenvalue weighted by molar-refractivity contribution is 6.42. The monoisotopic (exact) mass is 374 g/mol. The van der Waals surface area contributed by atoms with Crippen molar-refractivity contribution >= 4 is 40.7 Å². The van der Waals surface area contributed by atoms with Gasteiger partial charge in [-0.1, -0.05) is 36.5 Å². The standard InChI is InChI=1S/C17H25Cl2N3O2/c1-4-6-9-22(5-2)17(24)12-21(3)11-16(23)20-13-7-8-14(18)15(19)10-13/h7-8,10H,4-6,9,11-12H2,1-3H3,(H,20,23)/p+1. The minimum Gasteiger partial charge on any atom is -0.338 e. The van der Waals surface area contributed by atoms with Crippen LogP contribution in [0.15, 0.2) is 18.2 Å². The van der Waals surface area contributed by atoms with E-state index in [1.54, 1.807) is 18.2 Å². The van der Waals surface area contributed by atoms with E-state index in [0.717, 1.165) is 24.3 Å². The molecule has 24 heavy (non-hydrogen) atoms. The van der Waals surface area contributed by atoms with Gasteiger partial charge in [0.1, 0.15) is 0 Å². The maximum atomic E-state index is 12.3. The van der Waals surface area contributed by atoms with E-state index in [0.29, 0.717) is 28.8 Å². The zero-order valence-corrected chi connectivity index (χ0v) is 16.0. The van der Waals surface area contributed by atoms with Crippen molar-refractivity contribution in [3.8, 4) is 0 Å². The number of halogens is 2. The van der Waals surface area contributed by atoms with Gasteiger partial charge >= 0.3 is 0 Å². The Kier molecular flexibility index (Phi) is 9.11. The molecule has 1 aromatic rings. The lowest BCUT2D eigenvalue weighted by Gasteiger charge is -2.22. The van der Waals surface area contributed by atoms with Crippen molar-refractivity contribution in [3.63, 3.8) is 0 Å². The van der Waals surface area contributed by atoms with Crippen LogP contribution in [0.25, 0.3) is 0 Å². The van der Waals surface area contributed by atoms with Crippen LogP contribution in [-0.4, -0.2) is 49.9 Å². The van der Waals surface area contributed by atoms with E-state index in [4.69, 9.17) is 23.2 Å². The summed E-state index contributed by atoms with van der Waals surface area (Å²) in [5, 5.41) is 3.59. The Morgan fingerprint density at radius 3 is 2.46 bits per heavy atom. The first kappa shape index (κ1) is 20.7. The predicted molar refractivity (Wildman–Crippen MR) is 98.9 cm³/mol. The summed E-state index contributed by atoms with van der Waals surface area (Å²) < 4.78 is 0. The average Bonchev–Trinajstić information content (AvgIpc) is 2.51. The van der Waals surface area contributed by atoms with E-state index < -0.39 is 0 Å². The van der Waals surface area contributed by atoms with Gasteiger partial charge in [0, 0.05) is 18.8 Å². The number of nitrogens with one attached hydrogen (secondary N) is 2. The molecule has 0 fully saturated rings. The molecule has 0 bridgehead atoms. The zero-order chi connectivity index (χ0) is 18.1. The van der Waals surface area contributed by atoms with Crippen molar-refractivity contribution < 1.29 is 14.5 Å². The molecule has 0 spiro atoms. The molecule has 5 nitrogen and oxygen atoms in total. The number of carbonyl (C=O) groups is 2. The molecule has 134 valence electrons.